The summed E-state index contributed by atoms with van der Waals surface area (Å²) in [6.45, 7) is 2.57. The lowest BCUT2D eigenvalue weighted by atomic mass is 9.90. The molecule has 0 spiro atoms. The maximum absolute atomic E-state index is 12.5. The predicted molar refractivity (Wildman–Crippen MR) is 94.9 cm³/mol. The fraction of sp³-hybridized carbons (Fsp3) is 0.421. The first-order valence-electron chi connectivity index (χ1n) is 8.62. The van der Waals surface area contributed by atoms with E-state index in [1.165, 1.54) is 6.20 Å². The zero-order valence-electron chi connectivity index (χ0n) is 15.0. The van der Waals surface area contributed by atoms with Gasteiger partial charge in [-0.2, -0.15) is 0 Å². The van der Waals surface area contributed by atoms with Gasteiger partial charge in [-0.15, -0.1) is 0 Å². The highest BCUT2D eigenvalue weighted by atomic mass is 16.5. The minimum atomic E-state index is -1.32. The molecule has 1 aliphatic rings. The zero-order chi connectivity index (χ0) is 18.7. The number of aliphatic carboxylic acids is 1. The number of aryl methyl sites for hydroxylation is 2. The van der Waals surface area contributed by atoms with Crippen LogP contribution in [0.25, 0.3) is 0 Å². The molecule has 26 heavy (non-hydrogen) atoms. The third-order valence-corrected chi connectivity index (χ3v) is 4.76. The molecule has 3 rings (SSSR count). The van der Waals surface area contributed by atoms with Crippen molar-refractivity contribution in [3.05, 3.63) is 48.0 Å². The van der Waals surface area contributed by atoms with Crippen LogP contribution < -0.4 is 4.74 Å². The van der Waals surface area contributed by atoms with Crippen molar-refractivity contribution in [1.82, 2.24) is 14.5 Å². The number of likely N-dealkylation sites (tertiary alicyclic amines) is 1. The van der Waals surface area contributed by atoms with E-state index in [-0.39, 0.29) is 18.7 Å². The second-order valence-corrected chi connectivity index (χ2v) is 6.78. The number of pyridine rings is 1. The molecule has 0 bridgehead atoms. The Bertz CT molecular complexity index is 789. The first-order chi connectivity index (χ1) is 12.4. The number of hydrogen-bond acceptors (Lipinski definition) is 4. The molecule has 7 nitrogen and oxygen atoms in total. The number of hydrogen-bond donors (Lipinski definition) is 1. The number of carboxylic acid groups (broad SMARTS) is 1. The maximum Gasteiger partial charge on any atom is 0.348 e. The summed E-state index contributed by atoms with van der Waals surface area (Å²) in [6, 6.07) is 5.42. The van der Waals surface area contributed by atoms with Crippen LogP contribution in [0.15, 0.2) is 36.8 Å². The Morgan fingerprint density at radius 1 is 1.27 bits per heavy atom. The Hall–Kier alpha value is -2.83. The van der Waals surface area contributed by atoms with Gasteiger partial charge in [0.15, 0.2) is 0 Å². The third-order valence-electron chi connectivity index (χ3n) is 4.76. The average molecular weight is 357 g/mol. The first kappa shape index (κ1) is 18.0. The van der Waals surface area contributed by atoms with Crippen molar-refractivity contribution in [3.8, 4) is 5.75 Å². The van der Waals surface area contributed by atoms with Gasteiger partial charge in [-0.1, -0.05) is 0 Å². The van der Waals surface area contributed by atoms with Crippen molar-refractivity contribution in [3.63, 3.8) is 0 Å². The number of carbonyl (C=O) groups excluding carboxylic acids is 1. The predicted octanol–water partition coefficient (Wildman–Crippen LogP) is 1.80. The molecule has 0 aliphatic carbocycles. The van der Waals surface area contributed by atoms with Gasteiger partial charge in [0.25, 0.3) is 0 Å². The third kappa shape index (κ3) is 3.87. The molecule has 0 atom stereocenters. The van der Waals surface area contributed by atoms with Gasteiger partial charge in [0.05, 0.1) is 12.6 Å². The van der Waals surface area contributed by atoms with E-state index in [2.05, 4.69) is 4.98 Å². The van der Waals surface area contributed by atoms with Gasteiger partial charge in [0.2, 0.25) is 11.5 Å². The van der Waals surface area contributed by atoms with E-state index in [0.29, 0.717) is 25.3 Å². The van der Waals surface area contributed by atoms with Crippen molar-refractivity contribution < 1.29 is 19.4 Å². The average Bonchev–Trinajstić information content (AvgIpc) is 3.02. The largest absolute Gasteiger partial charge is 0.478 e. The molecule has 3 heterocycles. The summed E-state index contributed by atoms with van der Waals surface area (Å²) in [4.78, 5) is 30.2. The minimum Gasteiger partial charge on any atom is -0.478 e. The number of carboxylic acids is 1. The summed E-state index contributed by atoms with van der Waals surface area (Å²) in [6.07, 6.45) is 6.17. The zero-order valence-corrected chi connectivity index (χ0v) is 15.0. The molecule has 2 aromatic rings. The van der Waals surface area contributed by atoms with Gasteiger partial charge in [-0.25, -0.2) is 4.79 Å². The van der Waals surface area contributed by atoms with Crippen molar-refractivity contribution in [2.75, 3.05) is 13.1 Å². The Labute approximate surface area is 152 Å². The monoisotopic (exact) mass is 357 g/mol. The quantitative estimate of drug-likeness (QED) is 0.882. The lowest BCUT2D eigenvalue weighted by molar-refractivity contribution is -0.161. The molecule has 1 aliphatic heterocycles. The lowest BCUT2D eigenvalue weighted by Crippen LogP contribution is -2.54. The van der Waals surface area contributed by atoms with Crippen molar-refractivity contribution in [2.45, 2.75) is 31.8 Å². The molecule has 0 unspecified atom stereocenters. The highest BCUT2D eigenvalue weighted by molar-refractivity contribution is 5.81. The Kier molecular flexibility index (Phi) is 4.97. The molecule has 2 aromatic heterocycles. The summed E-state index contributed by atoms with van der Waals surface area (Å²) in [5.74, 6) is -0.567. The van der Waals surface area contributed by atoms with Gasteiger partial charge in [0, 0.05) is 51.1 Å². The van der Waals surface area contributed by atoms with Crippen LogP contribution in [0.2, 0.25) is 0 Å². The molecule has 1 amide bonds. The van der Waals surface area contributed by atoms with Gasteiger partial charge < -0.3 is 19.3 Å². The van der Waals surface area contributed by atoms with Crippen LogP contribution in [0.5, 0.6) is 5.75 Å². The highest BCUT2D eigenvalue weighted by Gasteiger charge is 2.45. The highest BCUT2D eigenvalue weighted by Crippen LogP contribution is 2.29. The molecule has 0 aromatic carbocycles. The minimum absolute atomic E-state index is 0.00666. The van der Waals surface area contributed by atoms with E-state index in [9.17, 15) is 14.7 Å². The molecular weight excluding hydrogens is 334 g/mol. The number of nitrogens with zero attached hydrogens (tertiary/aromatic N) is 3. The van der Waals surface area contributed by atoms with Crippen molar-refractivity contribution >= 4 is 11.9 Å². The number of ether oxygens (including phenoxy) is 1. The fourth-order valence-corrected chi connectivity index (χ4v) is 3.17. The SMILES string of the molecule is Cc1ccc(OC2(C(=O)O)CCN(C(=O)Cc3ccn(C)c3)CC2)cn1. The van der Waals surface area contributed by atoms with Gasteiger partial charge >= 0.3 is 5.97 Å². The Morgan fingerprint density at radius 3 is 2.54 bits per heavy atom. The van der Waals surface area contributed by atoms with Gasteiger partial charge in [-0.3, -0.25) is 9.78 Å². The summed E-state index contributed by atoms with van der Waals surface area (Å²) < 4.78 is 7.71. The molecular formula is C19H23N3O4. The first-order valence-corrected chi connectivity index (χ1v) is 8.62. The van der Waals surface area contributed by atoms with E-state index < -0.39 is 11.6 Å². The number of carbonyl (C=O) groups is 2. The fourth-order valence-electron chi connectivity index (χ4n) is 3.17. The number of rotatable bonds is 5. The lowest BCUT2D eigenvalue weighted by Gasteiger charge is -2.38. The number of amides is 1. The Balaban J connectivity index is 1.64. The molecule has 7 heteroatoms. The van der Waals surface area contributed by atoms with Crippen LogP contribution >= 0.6 is 0 Å². The smallest absolute Gasteiger partial charge is 0.348 e. The Morgan fingerprint density at radius 2 is 2.00 bits per heavy atom. The number of piperidine rings is 1. The number of aromatic nitrogens is 2. The second-order valence-electron chi connectivity index (χ2n) is 6.78. The van der Waals surface area contributed by atoms with Crippen molar-refractivity contribution in [2.24, 2.45) is 7.05 Å². The van der Waals surface area contributed by atoms with E-state index in [0.717, 1.165) is 11.3 Å². The van der Waals surface area contributed by atoms with E-state index >= 15 is 0 Å². The summed E-state index contributed by atoms with van der Waals surface area (Å²) in [7, 11) is 1.91. The molecule has 1 fully saturated rings. The molecule has 0 saturated carbocycles. The van der Waals surface area contributed by atoms with Crippen LogP contribution in [-0.2, 0) is 23.1 Å². The second kappa shape index (κ2) is 7.19. The van der Waals surface area contributed by atoms with Crippen LogP contribution in [0.4, 0.5) is 0 Å². The van der Waals surface area contributed by atoms with Crippen LogP contribution in [-0.4, -0.2) is 50.1 Å². The normalized spacial score (nSPS) is 16.3. The molecule has 0 radical (unpaired) electrons. The van der Waals surface area contributed by atoms with E-state index in [1.54, 1.807) is 17.0 Å². The standard InChI is InChI=1S/C19H23N3O4/c1-14-3-4-16(12-20-14)26-19(18(24)25)6-9-22(10-7-19)17(23)11-15-5-8-21(2)13-15/h3-5,8,12-13H,6-7,9-11H2,1-2H3,(H,24,25). The van der Waals surface area contributed by atoms with Crippen LogP contribution in [0, 0.1) is 6.92 Å². The molecule has 1 saturated heterocycles. The van der Waals surface area contributed by atoms with Crippen LogP contribution in [0.1, 0.15) is 24.1 Å². The van der Waals surface area contributed by atoms with Gasteiger partial charge in [0.1, 0.15) is 5.75 Å². The van der Waals surface area contributed by atoms with Gasteiger partial charge in [-0.05, 0) is 30.7 Å². The summed E-state index contributed by atoms with van der Waals surface area (Å²) >= 11 is 0. The van der Waals surface area contributed by atoms with Crippen molar-refractivity contribution in [1.29, 1.82) is 0 Å². The topological polar surface area (TPSA) is 84.7 Å². The summed E-state index contributed by atoms with van der Waals surface area (Å²) in [5.41, 5.74) is 0.470. The molecule has 138 valence electrons. The maximum atomic E-state index is 12.5. The van der Waals surface area contributed by atoms with E-state index in [1.807, 2.05) is 37.0 Å². The summed E-state index contributed by atoms with van der Waals surface area (Å²) in [5, 5.41) is 9.72. The van der Waals surface area contributed by atoms with Crippen LogP contribution in [0.3, 0.4) is 0 Å². The molecule has 1 N–H and O–H groups in total. The van der Waals surface area contributed by atoms with E-state index in [4.69, 9.17) is 4.74 Å².